The number of Topliss-reactive ketones (excluding diaryl/α,β-unsaturated/α-hetero) is 1. The molecule has 0 aliphatic carbocycles. The topological polar surface area (TPSA) is 82.8 Å². The van der Waals surface area contributed by atoms with Crippen LogP contribution in [0.5, 0.6) is 0 Å². The van der Waals surface area contributed by atoms with Gasteiger partial charge in [-0.05, 0) is 24.6 Å². The van der Waals surface area contributed by atoms with Crippen LogP contribution in [0.2, 0.25) is 0 Å². The van der Waals surface area contributed by atoms with Gasteiger partial charge in [0, 0.05) is 11.0 Å². The lowest BCUT2D eigenvalue weighted by atomic mass is 9.82. The van der Waals surface area contributed by atoms with Crippen molar-refractivity contribution < 1.29 is 4.79 Å². The van der Waals surface area contributed by atoms with Gasteiger partial charge in [0.1, 0.15) is 0 Å². The van der Waals surface area contributed by atoms with Crippen molar-refractivity contribution in [2.75, 3.05) is 0 Å². The van der Waals surface area contributed by atoms with Gasteiger partial charge in [0.15, 0.2) is 5.78 Å². The van der Waals surface area contributed by atoms with Crippen LogP contribution in [0.15, 0.2) is 27.8 Å². The lowest BCUT2D eigenvalue weighted by Gasteiger charge is -2.20. The Kier molecular flexibility index (Phi) is 3.14. The molecule has 0 fully saturated rings. The van der Waals surface area contributed by atoms with Crippen molar-refractivity contribution in [2.24, 2.45) is 5.41 Å². The van der Waals surface area contributed by atoms with Crippen molar-refractivity contribution in [1.29, 1.82) is 0 Å². The van der Waals surface area contributed by atoms with Crippen LogP contribution in [0.25, 0.3) is 11.0 Å². The molecule has 0 saturated heterocycles. The lowest BCUT2D eigenvalue weighted by molar-refractivity contribution is 0.0833. The summed E-state index contributed by atoms with van der Waals surface area (Å²) in [5.41, 5.74) is -0.358. The standard InChI is InChI=1S/C14H16N2O3/c1-4-14(2,3)11(17)8-5-6-9-10(7-8)16-13(19)12(18)15-9/h5-7H,4H2,1-3H3,(H,15,18)(H,16,19). The van der Waals surface area contributed by atoms with Gasteiger partial charge >= 0.3 is 11.1 Å². The minimum absolute atomic E-state index is 0.0175. The molecule has 19 heavy (non-hydrogen) atoms. The van der Waals surface area contributed by atoms with E-state index in [1.165, 1.54) is 0 Å². The lowest BCUT2D eigenvalue weighted by Crippen LogP contribution is -2.29. The minimum atomic E-state index is -0.716. The van der Waals surface area contributed by atoms with E-state index in [4.69, 9.17) is 0 Å². The second-order valence-electron chi connectivity index (χ2n) is 5.24. The molecular formula is C14H16N2O3. The van der Waals surface area contributed by atoms with E-state index in [1.54, 1.807) is 18.2 Å². The molecule has 0 radical (unpaired) electrons. The number of H-pyrrole nitrogens is 2. The number of nitrogens with one attached hydrogen (secondary N) is 2. The molecule has 100 valence electrons. The van der Waals surface area contributed by atoms with Gasteiger partial charge in [0.05, 0.1) is 11.0 Å². The predicted molar refractivity (Wildman–Crippen MR) is 73.6 cm³/mol. The van der Waals surface area contributed by atoms with Crippen molar-refractivity contribution in [1.82, 2.24) is 9.97 Å². The maximum Gasteiger partial charge on any atom is 0.314 e. The molecule has 0 aliphatic heterocycles. The first-order valence-corrected chi connectivity index (χ1v) is 6.16. The number of carbonyl (C=O) groups excluding carboxylic acids is 1. The number of carbonyl (C=O) groups is 1. The highest BCUT2D eigenvalue weighted by atomic mass is 16.2. The van der Waals surface area contributed by atoms with Crippen LogP contribution in [-0.4, -0.2) is 15.8 Å². The van der Waals surface area contributed by atoms with Crippen molar-refractivity contribution in [3.63, 3.8) is 0 Å². The highest BCUT2D eigenvalue weighted by molar-refractivity contribution is 6.02. The summed E-state index contributed by atoms with van der Waals surface area (Å²) < 4.78 is 0. The summed E-state index contributed by atoms with van der Waals surface area (Å²) in [6.45, 7) is 5.72. The third-order valence-electron chi connectivity index (χ3n) is 3.48. The zero-order chi connectivity index (χ0) is 14.2. The smallest absolute Gasteiger partial charge is 0.314 e. The Labute approximate surface area is 109 Å². The molecule has 1 aromatic heterocycles. The van der Waals surface area contributed by atoms with Gasteiger partial charge in [-0.2, -0.15) is 0 Å². The third kappa shape index (κ3) is 2.36. The first-order chi connectivity index (χ1) is 8.85. The quantitative estimate of drug-likeness (QED) is 0.652. The number of hydrogen-bond acceptors (Lipinski definition) is 3. The molecule has 1 heterocycles. The fraction of sp³-hybridized carbons (Fsp3) is 0.357. The molecule has 5 nitrogen and oxygen atoms in total. The second-order valence-corrected chi connectivity index (χ2v) is 5.24. The maximum absolute atomic E-state index is 12.3. The van der Waals surface area contributed by atoms with Gasteiger partial charge in [-0.1, -0.05) is 20.8 Å². The number of aromatic amines is 2. The Balaban J connectivity index is 2.59. The summed E-state index contributed by atoms with van der Waals surface area (Å²) >= 11 is 0. The summed E-state index contributed by atoms with van der Waals surface area (Å²) in [5.74, 6) is 0.0175. The largest absolute Gasteiger partial charge is 0.316 e. The molecule has 0 aliphatic rings. The first-order valence-electron chi connectivity index (χ1n) is 6.16. The van der Waals surface area contributed by atoms with Crippen LogP contribution in [0, 0.1) is 5.41 Å². The third-order valence-corrected chi connectivity index (χ3v) is 3.48. The van der Waals surface area contributed by atoms with E-state index in [0.717, 1.165) is 6.42 Å². The molecule has 0 saturated carbocycles. The van der Waals surface area contributed by atoms with Gasteiger partial charge in [-0.25, -0.2) is 0 Å². The predicted octanol–water partition coefficient (Wildman–Crippen LogP) is 1.84. The minimum Gasteiger partial charge on any atom is -0.316 e. The Morgan fingerprint density at radius 3 is 2.26 bits per heavy atom. The average molecular weight is 260 g/mol. The number of fused-ring (bicyclic) bond motifs is 1. The van der Waals surface area contributed by atoms with Crippen molar-refractivity contribution in [3.05, 3.63) is 44.5 Å². The normalized spacial score (nSPS) is 11.7. The van der Waals surface area contributed by atoms with E-state index in [0.29, 0.717) is 16.6 Å². The molecular weight excluding hydrogens is 244 g/mol. The van der Waals surface area contributed by atoms with E-state index >= 15 is 0 Å². The molecule has 0 unspecified atom stereocenters. The number of hydrogen-bond donors (Lipinski definition) is 2. The number of rotatable bonds is 3. The molecule has 0 amide bonds. The molecule has 5 heteroatoms. The van der Waals surface area contributed by atoms with E-state index in [2.05, 4.69) is 9.97 Å². The van der Waals surface area contributed by atoms with E-state index in [1.807, 2.05) is 20.8 Å². The van der Waals surface area contributed by atoms with E-state index < -0.39 is 16.5 Å². The maximum atomic E-state index is 12.3. The Bertz CT molecular complexity index is 753. The van der Waals surface area contributed by atoms with Crippen LogP contribution in [-0.2, 0) is 0 Å². The summed E-state index contributed by atoms with van der Waals surface area (Å²) in [4.78, 5) is 39.7. The van der Waals surface area contributed by atoms with Crippen LogP contribution in [0.4, 0.5) is 0 Å². The molecule has 0 atom stereocenters. The summed E-state index contributed by atoms with van der Waals surface area (Å²) in [6, 6.07) is 4.90. The van der Waals surface area contributed by atoms with Gasteiger partial charge < -0.3 is 9.97 Å². The number of benzene rings is 1. The Morgan fingerprint density at radius 1 is 1.11 bits per heavy atom. The van der Waals surface area contributed by atoms with Crippen LogP contribution in [0.3, 0.4) is 0 Å². The average Bonchev–Trinajstić information content (AvgIpc) is 2.38. The molecule has 2 N–H and O–H groups in total. The highest BCUT2D eigenvalue weighted by Gasteiger charge is 2.26. The summed E-state index contributed by atoms with van der Waals surface area (Å²) in [7, 11) is 0. The van der Waals surface area contributed by atoms with Crippen LogP contribution >= 0.6 is 0 Å². The first kappa shape index (κ1) is 13.3. The number of ketones is 1. The van der Waals surface area contributed by atoms with Gasteiger partial charge in [0.25, 0.3) is 0 Å². The van der Waals surface area contributed by atoms with Crippen molar-refractivity contribution in [3.8, 4) is 0 Å². The Hall–Kier alpha value is -2.17. The fourth-order valence-corrected chi connectivity index (χ4v) is 1.81. The number of aromatic nitrogens is 2. The van der Waals surface area contributed by atoms with Gasteiger partial charge in [-0.15, -0.1) is 0 Å². The van der Waals surface area contributed by atoms with Crippen LogP contribution in [0.1, 0.15) is 37.6 Å². The molecule has 0 bridgehead atoms. The molecule has 1 aromatic carbocycles. The zero-order valence-electron chi connectivity index (χ0n) is 11.2. The van der Waals surface area contributed by atoms with Crippen LogP contribution < -0.4 is 11.1 Å². The van der Waals surface area contributed by atoms with E-state index in [9.17, 15) is 14.4 Å². The molecule has 2 rings (SSSR count). The highest BCUT2D eigenvalue weighted by Crippen LogP contribution is 2.26. The SMILES string of the molecule is CCC(C)(C)C(=O)c1ccc2[nH]c(=O)c(=O)[nH]c2c1. The Morgan fingerprint density at radius 2 is 1.68 bits per heavy atom. The fourth-order valence-electron chi connectivity index (χ4n) is 1.81. The van der Waals surface area contributed by atoms with Crippen molar-refractivity contribution in [2.45, 2.75) is 27.2 Å². The summed E-state index contributed by atoms with van der Waals surface area (Å²) in [6.07, 6.45) is 0.728. The van der Waals surface area contributed by atoms with Gasteiger partial charge in [-0.3, -0.25) is 14.4 Å². The van der Waals surface area contributed by atoms with Gasteiger partial charge in [0.2, 0.25) is 0 Å². The van der Waals surface area contributed by atoms with E-state index in [-0.39, 0.29) is 5.78 Å². The molecule has 2 aromatic rings. The second kappa shape index (κ2) is 4.50. The zero-order valence-corrected chi connectivity index (χ0v) is 11.2. The summed E-state index contributed by atoms with van der Waals surface area (Å²) in [5, 5.41) is 0. The van der Waals surface area contributed by atoms with Crippen molar-refractivity contribution >= 4 is 16.8 Å². The molecule has 0 spiro atoms. The monoisotopic (exact) mass is 260 g/mol.